The van der Waals surface area contributed by atoms with Gasteiger partial charge in [-0.25, -0.2) is 0 Å². The largest absolute Gasteiger partial charge is 0.482 e. The lowest BCUT2D eigenvalue weighted by atomic mass is 10.3. The van der Waals surface area contributed by atoms with Crippen molar-refractivity contribution in [1.82, 2.24) is 10.2 Å². The summed E-state index contributed by atoms with van der Waals surface area (Å²) in [6, 6.07) is 4.92. The molecule has 0 aliphatic carbocycles. The number of ether oxygens (including phenoxy) is 1. The minimum absolute atomic E-state index is 0.146. The first-order valence-corrected chi connectivity index (χ1v) is 6.79. The van der Waals surface area contributed by atoms with Gasteiger partial charge in [0.1, 0.15) is 11.9 Å². The summed E-state index contributed by atoms with van der Waals surface area (Å²) in [6.45, 7) is 1.77. The minimum Gasteiger partial charge on any atom is -0.482 e. The standard InChI is InChI=1S/C11H9Cl2N3O2S/c1-5(10-15-16-11(19-10)9(14)17)18-8-3-2-6(12)4-7(8)13/h2-5H,1H3,(H2,14,17). The molecule has 2 N–H and O–H groups in total. The third kappa shape index (κ3) is 3.34. The van der Waals surface area contributed by atoms with E-state index in [4.69, 9.17) is 33.7 Å². The van der Waals surface area contributed by atoms with Crippen LogP contribution in [-0.4, -0.2) is 16.1 Å². The highest BCUT2D eigenvalue weighted by Crippen LogP contribution is 2.31. The van der Waals surface area contributed by atoms with Gasteiger partial charge in [0.05, 0.1) is 5.02 Å². The Hall–Kier alpha value is -1.37. The van der Waals surface area contributed by atoms with Crippen molar-refractivity contribution < 1.29 is 9.53 Å². The molecule has 0 saturated heterocycles. The van der Waals surface area contributed by atoms with Crippen LogP contribution in [0.25, 0.3) is 0 Å². The Morgan fingerprint density at radius 3 is 2.74 bits per heavy atom. The Morgan fingerprint density at radius 2 is 2.16 bits per heavy atom. The second kappa shape index (κ2) is 5.73. The maximum absolute atomic E-state index is 10.9. The summed E-state index contributed by atoms with van der Waals surface area (Å²) in [7, 11) is 0. The van der Waals surface area contributed by atoms with Gasteiger partial charge in [-0.15, -0.1) is 10.2 Å². The molecule has 1 atom stereocenters. The van der Waals surface area contributed by atoms with Crippen LogP contribution >= 0.6 is 34.5 Å². The van der Waals surface area contributed by atoms with E-state index in [1.165, 1.54) is 0 Å². The first-order chi connectivity index (χ1) is 8.97. The van der Waals surface area contributed by atoms with Crippen LogP contribution in [0.2, 0.25) is 10.0 Å². The van der Waals surface area contributed by atoms with E-state index in [2.05, 4.69) is 10.2 Å². The first kappa shape index (κ1) is 14.0. The molecule has 1 aromatic heterocycles. The molecule has 8 heteroatoms. The Kier molecular flexibility index (Phi) is 4.24. The second-order valence-corrected chi connectivity index (χ2v) is 5.50. The molecule has 0 aliphatic heterocycles. The SMILES string of the molecule is CC(Oc1ccc(Cl)cc1Cl)c1nnc(C(N)=O)s1. The molecule has 2 aromatic rings. The van der Waals surface area contributed by atoms with Crippen molar-refractivity contribution in [2.24, 2.45) is 5.73 Å². The van der Waals surface area contributed by atoms with Gasteiger partial charge >= 0.3 is 0 Å². The number of carbonyl (C=O) groups is 1. The Balaban J connectivity index is 2.15. The van der Waals surface area contributed by atoms with E-state index in [0.29, 0.717) is 20.8 Å². The van der Waals surface area contributed by atoms with Crippen molar-refractivity contribution in [3.05, 3.63) is 38.3 Å². The Morgan fingerprint density at radius 1 is 1.42 bits per heavy atom. The van der Waals surface area contributed by atoms with E-state index in [9.17, 15) is 4.79 Å². The lowest BCUT2D eigenvalue weighted by Gasteiger charge is -2.12. The van der Waals surface area contributed by atoms with Crippen LogP contribution < -0.4 is 10.5 Å². The maximum Gasteiger partial charge on any atom is 0.279 e. The number of hydrogen-bond donors (Lipinski definition) is 1. The predicted octanol–water partition coefficient (Wildman–Crippen LogP) is 3.08. The number of carbonyl (C=O) groups excluding carboxylic acids is 1. The van der Waals surface area contributed by atoms with Crippen molar-refractivity contribution in [3.63, 3.8) is 0 Å². The van der Waals surface area contributed by atoms with Gasteiger partial charge < -0.3 is 10.5 Å². The summed E-state index contributed by atoms with van der Waals surface area (Å²) in [5, 5.41) is 9.14. The molecule has 5 nitrogen and oxygen atoms in total. The molecule has 0 aliphatic rings. The van der Waals surface area contributed by atoms with E-state index in [-0.39, 0.29) is 5.01 Å². The molecule has 19 heavy (non-hydrogen) atoms. The monoisotopic (exact) mass is 317 g/mol. The zero-order chi connectivity index (χ0) is 14.0. The number of amides is 1. The maximum atomic E-state index is 10.9. The van der Waals surface area contributed by atoms with Gasteiger partial charge in [-0.05, 0) is 25.1 Å². The molecule has 2 rings (SSSR count). The molecule has 0 spiro atoms. The van der Waals surface area contributed by atoms with Crippen molar-refractivity contribution >= 4 is 40.4 Å². The van der Waals surface area contributed by atoms with Gasteiger partial charge in [-0.2, -0.15) is 0 Å². The van der Waals surface area contributed by atoms with E-state index in [1.807, 2.05) is 0 Å². The highest BCUT2D eigenvalue weighted by atomic mass is 35.5. The van der Waals surface area contributed by atoms with Gasteiger partial charge in [-0.3, -0.25) is 4.79 Å². The van der Waals surface area contributed by atoms with Crippen LogP contribution in [-0.2, 0) is 0 Å². The smallest absolute Gasteiger partial charge is 0.279 e. The Bertz CT molecular complexity index is 618. The highest BCUT2D eigenvalue weighted by Gasteiger charge is 2.17. The van der Waals surface area contributed by atoms with Crippen LogP contribution in [0, 0.1) is 0 Å². The van der Waals surface area contributed by atoms with E-state index in [0.717, 1.165) is 11.3 Å². The molecular weight excluding hydrogens is 309 g/mol. The topological polar surface area (TPSA) is 78.1 Å². The first-order valence-electron chi connectivity index (χ1n) is 5.22. The zero-order valence-corrected chi connectivity index (χ0v) is 12.1. The minimum atomic E-state index is -0.611. The summed E-state index contributed by atoms with van der Waals surface area (Å²) >= 11 is 12.9. The molecule has 100 valence electrons. The summed E-state index contributed by atoms with van der Waals surface area (Å²) in [5.74, 6) is -0.130. The number of halogens is 2. The van der Waals surface area contributed by atoms with Gasteiger partial charge in [-0.1, -0.05) is 34.5 Å². The van der Waals surface area contributed by atoms with Crippen molar-refractivity contribution in [2.75, 3.05) is 0 Å². The van der Waals surface area contributed by atoms with Crippen molar-refractivity contribution in [1.29, 1.82) is 0 Å². The summed E-state index contributed by atoms with van der Waals surface area (Å²) in [6.07, 6.45) is -0.399. The molecule has 0 bridgehead atoms. The average molecular weight is 318 g/mol. The third-order valence-corrected chi connectivity index (χ3v) is 3.83. The van der Waals surface area contributed by atoms with Gasteiger partial charge in [0, 0.05) is 5.02 Å². The lowest BCUT2D eigenvalue weighted by molar-refractivity contribution is 0.0999. The zero-order valence-electron chi connectivity index (χ0n) is 9.76. The average Bonchev–Trinajstić information content (AvgIpc) is 2.82. The normalized spacial score (nSPS) is 12.2. The molecule has 1 aromatic carbocycles. The summed E-state index contributed by atoms with van der Waals surface area (Å²) in [5.41, 5.74) is 5.11. The number of nitrogens with two attached hydrogens (primary N) is 1. The molecule has 1 heterocycles. The number of benzene rings is 1. The fourth-order valence-corrected chi connectivity index (χ4v) is 2.44. The van der Waals surface area contributed by atoms with Crippen LogP contribution in [0.1, 0.15) is 27.8 Å². The number of rotatable bonds is 4. The van der Waals surface area contributed by atoms with E-state index >= 15 is 0 Å². The predicted molar refractivity (Wildman–Crippen MR) is 73.9 cm³/mol. The van der Waals surface area contributed by atoms with Gasteiger partial charge in [0.2, 0.25) is 5.01 Å². The highest BCUT2D eigenvalue weighted by molar-refractivity contribution is 7.13. The molecule has 1 unspecified atom stereocenters. The van der Waals surface area contributed by atoms with E-state index < -0.39 is 12.0 Å². The fraction of sp³-hybridized carbons (Fsp3) is 0.182. The quantitative estimate of drug-likeness (QED) is 0.939. The van der Waals surface area contributed by atoms with Crippen LogP contribution in [0.4, 0.5) is 0 Å². The van der Waals surface area contributed by atoms with Crippen molar-refractivity contribution in [2.45, 2.75) is 13.0 Å². The third-order valence-electron chi connectivity index (χ3n) is 2.20. The molecule has 0 saturated carbocycles. The lowest BCUT2D eigenvalue weighted by Crippen LogP contribution is -2.10. The number of hydrogen-bond acceptors (Lipinski definition) is 5. The number of nitrogens with zero attached hydrogens (tertiary/aromatic N) is 2. The van der Waals surface area contributed by atoms with Gasteiger partial charge in [0.25, 0.3) is 5.91 Å². The number of aromatic nitrogens is 2. The van der Waals surface area contributed by atoms with E-state index in [1.54, 1.807) is 25.1 Å². The molecular formula is C11H9Cl2N3O2S. The van der Waals surface area contributed by atoms with Crippen molar-refractivity contribution in [3.8, 4) is 5.75 Å². The molecule has 0 fully saturated rings. The van der Waals surface area contributed by atoms with Gasteiger partial charge in [0.15, 0.2) is 5.01 Å². The molecule has 1 amide bonds. The van der Waals surface area contributed by atoms with Crippen LogP contribution in [0.5, 0.6) is 5.75 Å². The fourth-order valence-electron chi connectivity index (χ4n) is 1.31. The van der Waals surface area contributed by atoms with Crippen LogP contribution in [0.3, 0.4) is 0 Å². The second-order valence-electron chi connectivity index (χ2n) is 3.64. The number of primary amides is 1. The summed E-state index contributed by atoms with van der Waals surface area (Å²) in [4.78, 5) is 10.9. The Labute approximate surface area is 123 Å². The van der Waals surface area contributed by atoms with Crippen LogP contribution in [0.15, 0.2) is 18.2 Å². The summed E-state index contributed by atoms with van der Waals surface area (Å²) < 4.78 is 5.64. The molecule has 0 radical (unpaired) electrons.